The Hall–Kier alpha value is -3.45. The summed E-state index contributed by atoms with van der Waals surface area (Å²) in [5.74, 6) is -0.914. The normalized spacial score (nSPS) is 17.7. The van der Waals surface area contributed by atoms with Gasteiger partial charge in [0.1, 0.15) is 11.5 Å². The number of amides is 1. The first-order valence-electron chi connectivity index (χ1n) is 10.5. The molecule has 4 rings (SSSR count). The van der Waals surface area contributed by atoms with E-state index in [-0.39, 0.29) is 17.9 Å². The number of likely N-dealkylation sites (tertiary alicyclic amines) is 1. The van der Waals surface area contributed by atoms with Crippen molar-refractivity contribution in [3.8, 4) is 5.75 Å². The highest BCUT2D eigenvalue weighted by Gasteiger charge is 2.46. The molecule has 32 heavy (non-hydrogen) atoms. The molecule has 1 aliphatic heterocycles. The van der Waals surface area contributed by atoms with Gasteiger partial charge in [0.15, 0.2) is 0 Å². The van der Waals surface area contributed by atoms with Gasteiger partial charge in [-0.2, -0.15) is 0 Å². The van der Waals surface area contributed by atoms with Crippen molar-refractivity contribution in [3.05, 3.63) is 87.9 Å². The Labute approximate surface area is 190 Å². The average molecular weight is 449 g/mol. The van der Waals surface area contributed by atoms with Crippen molar-refractivity contribution < 1.29 is 19.4 Å². The molecule has 1 aliphatic rings. The fourth-order valence-electron chi connectivity index (χ4n) is 3.70. The number of ether oxygens (including phenoxy) is 1. The van der Waals surface area contributed by atoms with Gasteiger partial charge >= 0.3 is 0 Å². The highest BCUT2D eigenvalue weighted by Crippen LogP contribution is 2.42. The van der Waals surface area contributed by atoms with E-state index in [9.17, 15) is 14.7 Å². The molecule has 0 spiro atoms. The predicted octanol–water partition coefficient (Wildman–Crippen LogP) is 4.94. The van der Waals surface area contributed by atoms with Gasteiger partial charge in [0.2, 0.25) is 0 Å². The number of unbranched alkanes of at least 4 members (excludes halogenated alkanes) is 1. The van der Waals surface area contributed by atoms with Gasteiger partial charge in [-0.3, -0.25) is 14.6 Å². The number of Topliss-reactive ketones (excluding diaryl/α,β-unsaturated/α-hetero) is 1. The number of pyridine rings is 1. The maximum atomic E-state index is 13.1. The van der Waals surface area contributed by atoms with Gasteiger partial charge in [-0.1, -0.05) is 37.6 Å². The average Bonchev–Trinajstić information content (AvgIpc) is 3.43. The fourth-order valence-corrected chi connectivity index (χ4v) is 4.54. The molecule has 1 aromatic carbocycles. The van der Waals surface area contributed by atoms with E-state index in [2.05, 4.69) is 11.9 Å². The largest absolute Gasteiger partial charge is 0.507 e. The lowest BCUT2D eigenvalue weighted by Gasteiger charge is -2.24. The second-order valence-corrected chi connectivity index (χ2v) is 8.51. The number of nitrogens with zero attached hydrogens (tertiary/aromatic N) is 2. The van der Waals surface area contributed by atoms with E-state index in [1.807, 2.05) is 29.6 Å². The number of aliphatic hydroxyl groups excluding tert-OH is 1. The third-order valence-corrected chi connectivity index (χ3v) is 6.23. The molecule has 2 aromatic heterocycles. The Kier molecular flexibility index (Phi) is 6.66. The summed E-state index contributed by atoms with van der Waals surface area (Å²) in [6.45, 7) is 2.88. The van der Waals surface area contributed by atoms with Crippen molar-refractivity contribution in [2.45, 2.75) is 32.4 Å². The zero-order valence-electron chi connectivity index (χ0n) is 17.7. The summed E-state index contributed by atoms with van der Waals surface area (Å²) in [4.78, 5) is 32.5. The second-order valence-electron chi connectivity index (χ2n) is 7.53. The number of aromatic nitrogens is 1. The number of thiophene rings is 1. The minimum Gasteiger partial charge on any atom is -0.507 e. The molecule has 3 aromatic rings. The molecule has 1 unspecified atom stereocenters. The zero-order chi connectivity index (χ0) is 22.5. The van der Waals surface area contributed by atoms with Gasteiger partial charge in [0.05, 0.1) is 18.2 Å². The Morgan fingerprint density at radius 1 is 1.19 bits per heavy atom. The molecule has 0 saturated carbocycles. The first kappa shape index (κ1) is 21.8. The van der Waals surface area contributed by atoms with E-state index >= 15 is 0 Å². The van der Waals surface area contributed by atoms with Gasteiger partial charge in [-0.05, 0) is 41.6 Å². The standard InChI is InChI=1S/C25H24N2O4S/c1-2-3-12-31-19-9-4-8-18(14-19)23(28)21-22(20-10-6-13-32-20)27(25(30)24(21)29)16-17-7-5-11-26-15-17/h4-11,13-15,22,28H,2-3,12,16H2,1H3. The van der Waals surface area contributed by atoms with Crippen LogP contribution in [0.25, 0.3) is 5.76 Å². The zero-order valence-corrected chi connectivity index (χ0v) is 18.5. The Balaban J connectivity index is 1.74. The summed E-state index contributed by atoms with van der Waals surface area (Å²) in [5.41, 5.74) is 1.34. The second kappa shape index (κ2) is 9.78. The molecule has 6 nitrogen and oxygen atoms in total. The molecule has 1 N–H and O–H groups in total. The predicted molar refractivity (Wildman–Crippen MR) is 123 cm³/mol. The number of ketones is 1. The van der Waals surface area contributed by atoms with Crippen LogP contribution in [0.15, 0.2) is 71.9 Å². The van der Waals surface area contributed by atoms with Gasteiger partial charge < -0.3 is 14.7 Å². The lowest BCUT2D eigenvalue weighted by Crippen LogP contribution is -2.28. The molecule has 3 heterocycles. The number of rotatable bonds is 8. The van der Waals surface area contributed by atoms with Crippen LogP contribution < -0.4 is 4.74 Å². The van der Waals surface area contributed by atoms with Gasteiger partial charge in [0.25, 0.3) is 11.7 Å². The lowest BCUT2D eigenvalue weighted by atomic mass is 9.99. The Bertz CT molecular complexity index is 1130. The topological polar surface area (TPSA) is 79.7 Å². The summed E-state index contributed by atoms with van der Waals surface area (Å²) < 4.78 is 5.75. The van der Waals surface area contributed by atoms with Crippen LogP contribution in [0, 0.1) is 0 Å². The molecule has 0 aliphatic carbocycles. The maximum Gasteiger partial charge on any atom is 0.295 e. The van der Waals surface area contributed by atoms with Crippen LogP contribution in [0.3, 0.4) is 0 Å². The number of carbonyl (C=O) groups excluding carboxylic acids is 2. The number of hydrogen-bond donors (Lipinski definition) is 1. The van der Waals surface area contributed by atoms with E-state index in [1.54, 1.807) is 36.7 Å². The molecular weight excluding hydrogens is 424 g/mol. The third kappa shape index (κ3) is 4.43. The summed E-state index contributed by atoms with van der Waals surface area (Å²) in [5, 5.41) is 13.1. The highest BCUT2D eigenvalue weighted by molar-refractivity contribution is 7.10. The summed E-state index contributed by atoms with van der Waals surface area (Å²) in [6, 6.07) is 13.7. The first-order valence-corrected chi connectivity index (χ1v) is 11.4. The monoisotopic (exact) mass is 448 g/mol. The van der Waals surface area contributed by atoms with Crippen molar-refractivity contribution in [3.63, 3.8) is 0 Å². The molecule has 164 valence electrons. The van der Waals surface area contributed by atoms with E-state index in [0.717, 1.165) is 23.3 Å². The van der Waals surface area contributed by atoms with Crippen LogP contribution in [0.4, 0.5) is 0 Å². The van der Waals surface area contributed by atoms with Crippen molar-refractivity contribution in [1.29, 1.82) is 0 Å². The van der Waals surface area contributed by atoms with Crippen LogP contribution in [-0.4, -0.2) is 33.3 Å². The summed E-state index contributed by atoms with van der Waals surface area (Å²) >= 11 is 1.44. The molecule has 0 radical (unpaired) electrons. The Morgan fingerprint density at radius 2 is 2.06 bits per heavy atom. The molecule has 1 saturated heterocycles. The molecular formula is C25H24N2O4S. The minimum atomic E-state index is -0.693. The third-order valence-electron chi connectivity index (χ3n) is 5.30. The molecule has 7 heteroatoms. The smallest absolute Gasteiger partial charge is 0.295 e. The number of hydrogen-bond acceptors (Lipinski definition) is 6. The van der Waals surface area contributed by atoms with Gasteiger partial charge in [0, 0.05) is 29.4 Å². The summed E-state index contributed by atoms with van der Waals surface area (Å²) in [6.07, 6.45) is 5.26. The number of aliphatic hydroxyl groups is 1. The minimum absolute atomic E-state index is 0.0899. The van der Waals surface area contributed by atoms with Gasteiger partial charge in [-0.25, -0.2) is 0 Å². The van der Waals surface area contributed by atoms with Crippen molar-refractivity contribution in [1.82, 2.24) is 9.88 Å². The molecule has 1 amide bonds. The van der Waals surface area contributed by atoms with Crippen LogP contribution in [0.2, 0.25) is 0 Å². The lowest BCUT2D eigenvalue weighted by molar-refractivity contribution is -0.140. The van der Waals surface area contributed by atoms with E-state index in [4.69, 9.17) is 4.74 Å². The van der Waals surface area contributed by atoms with Crippen LogP contribution in [0.1, 0.15) is 41.8 Å². The van der Waals surface area contributed by atoms with E-state index in [0.29, 0.717) is 17.9 Å². The number of benzene rings is 1. The highest BCUT2D eigenvalue weighted by atomic mass is 32.1. The first-order chi connectivity index (χ1) is 15.6. The molecule has 0 bridgehead atoms. The quantitative estimate of drug-likeness (QED) is 0.228. The molecule has 1 fully saturated rings. The van der Waals surface area contributed by atoms with E-state index in [1.165, 1.54) is 16.2 Å². The van der Waals surface area contributed by atoms with Crippen molar-refractivity contribution in [2.24, 2.45) is 0 Å². The van der Waals surface area contributed by atoms with Gasteiger partial charge in [-0.15, -0.1) is 11.3 Å². The number of carbonyl (C=O) groups is 2. The van der Waals surface area contributed by atoms with Crippen molar-refractivity contribution >= 4 is 28.8 Å². The maximum absolute atomic E-state index is 13.1. The summed E-state index contributed by atoms with van der Waals surface area (Å²) in [7, 11) is 0. The van der Waals surface area contributed by atoms with Crippen LogP contribution in [-0.2, 0) is 16.1 Å². The van der Waals surface area contributed by atoms with Crippen LogP contribution in [0.5, 0.6) is 5.75 Å². The fraction of sp³-hybridized carbons (Fsp3) is 0.240. The van der Waals surface area contributed by atoms with Crippen molar-refractivity contribution in [2.75, 3.05) is 6.61 Å². The Morgan fingerprint density at radius 3 is 2.78 bits per heavy atom. The van der Waals surface area contributed by atoms with E-state index < -0.39 is 17.7 Å². The van der Waals surface area contributed by atoms with Crippen LogP contribution >= 0.6 is 11.3 Å². The SMILES string of the molecule is CCCCOc1cccc(C(O)=C2C(=O)C(=O)N(Cc3cccnc3)C2c2cccs2)c1. The molecule has 1 atom stereocenters.